The Hall–Kier alpha value is -1.28. The molecule has 102 valence electrons. The van der Waals surface area contributed by atoms with Crippen molar-refractivity contribution in [2.45, 2.75) is 33.1 Å². The lowest BCUT2D eigenvalue weighted by molar-refractivity contribution is 0.373. The van der Waals surface area contributed by atoms with Crippen LogP contribution < -0.4 is 5.32 Å². The lowest BCUT2D eigenvalue weighted by Crippen LogP contribution is -2.28. The molecular formula is C17H24N2. The second-order valence-electron chi connectivity index (χ2n) is 6.04. The van der Waals surface area contributed by atoms with Crippen LogP contribution in [-0.4, -0.2) is 17.7 Å². The van der Waals surface area contributed by atoms with Crippen LogP contribution in [0.5, 0.6) is 0 Å². The second kappa shape index (κ2) is 5.01. The summed E-state index contributed by atoms with van der Waals surface area (Å²) >= 11 is 0. The van der Waals surface area contributed by atoms with Gasteiger partial charge in [0.2, 0.25) is 0 Å². The largest absolute Gasteiger partial charge is 0.348 e. The van der Waals surface area contributed by atoms with Crippen LogP contribution in [0.3, 0.4) is 0 Å². The highest BCUT2D eigenvalue weighted by Gasteiger charge is 2.18. The maximum absolute atomic E-state index is 3.46. The van der Waals surface area contributed by atoms with Crippen LogP contribution >= 0.6 is 0 Å². The zero-order valence-electron chi connectivity index (χ0n) is 12.3. The Balaban J connectivity index is 2.00. The molecule has 0 unspecified atom stereocenters. The summed E-state index contributed by atoms with van der Waals surface area (Å²) in [7, 11) is 2.20. The lowest BCUT2D eigenvalue weighted by atomic mass is 9.90. The first kappa shape index (κ1) is 12.7. The van der Waals surface area contributed by atoms with E-state index in [1.807, 2.05) is 0 Å². The third-order valence-electron chi connectivity index (χ3n) is 4.73. The molecule has 0 bridgehead atoms. The lowest BCUT2D eigenvalue weighted by Gasteiger charge is -2.22. The predicted molar refractivity (Wildman–Crippen MR) is 81.7 cm³/mol. The normalized spacial score (nSPS) is 17.2. The summed E-state index contributed by atoms with van der Waals surface area (Å²) in [6.07, 6.45) is 3.89. The minimum atomic E-state index is 0.854. The molecule has 0 amide bonds. The van der Waals surface area contributed by atoms with Crippen LogP contribution in [0.1, 0.15) is 29.7 Å². The standard InChI is InChI=1S/C17H24N2/c1-12-4-5-15-16(11-14-6-8-18-9-7-14)13(2)19(3)17(15)10-12/h4-5,10,14,18H,6-9,11H2,1-3H3. The van der Waals surface area contributed by atoms with E-state index in [4.69, 9.17) is 0 Å². The Kier molecular flexibility index (Phi) is 3.36. The Morgan fingerprint density at radius 3 is 2.68 bits per heavy atom. The van der Waals surface area contributed by atoms with E-state index >= 15 is 0 Å². The maximum atomic E-state index is 3.46. The third-order valence-corrected chi connectivity index (χ3v) is 4.73. The van der Waals surface area contributed by atoms with E-state index in [0.29, 0.717) is 0 Å². The van der Waals surface area contributed by atoms with Gasteiger partial charge in [0.1, 0.15) is 0 Å². The molecule has 2 nitrogen and oxygen atoms in total. The quantitative estimate of drug-likeness (QED) is 0.872. The third kappa shape index (κ3) is 2.30. The smallest absolute Gasteiger partial charge is 0.0485 e. The van der Waals surface area contributed by atoms with E-state index in [9.17, 15) is 0 Å². The van der Waals surface area contributed by atoms with Crippen LogP contribution in [0.4, 0.5) is 0 Å². The number of rotatable bonds is 2. The van der Waals surface area contributed by atoms with Gasteiger partial charge in [-0.15, -0.1) is 0 Å². The van der Waals surface area contributed by atoms with Crippen LogP contribution in [-0.2, 0) is 13.5 Å². The van der Waals surface area contributed by atoms with Gasteiger partial charge in [-0.25, -0.2) is 0 Å². The molecule has 1 aliphatic rings. The first-order chi connectivity index (χ1) is 9.16. The zero-order valence-corrected chi connectivity index (χ0v) is 12.3. The van der Waals surface area contributed by atoms with Crippen LogP contribution in [0.2, 0.25) is 0 Å². The van der Waals surface area contributed by atoms with Gasteiger partial charge >= 0.3 is 0 Å². The number of aryl methyl sites for hydroxylation is 2. The van der Waals surface area contributed by atoms with Gasteiger partial charge in [0.15, 0.2) is 0 Å². The number of benzene rings is 1. The second-order valence-corrected chi connectivity index (χ2v) is 6.04. The molecule has 2 aromatic rings. The highest BCUT2D eigenvalue weighted by Crippen LogP contribution is 2.29. The summed E-state index contributed by atoms with van der Waals surface area (Å²) in [5.41, 5.74) is 5.76. The fourth-order valence-electron chi connectivity index (χ4n) is 3.38. The highest BCUT2D eigenvalue weighted by atomic mass is 14.9. The molecule has 1 aliphatic heterocycles. The summed E-state index contributed by atoms with van der Waals surface area (Å²) in [4.78, 5) is 0. The molecule has 3 rings (SSSR count). The molecule has 0 aliphatic carbocycles. The molecule has 19 heavy (non-hydrogen) atoms. The molecule has 0 atom stereocenters. The minimum absolute atomic E-state index is 0.854. The van der Waals surface area contributed by atoms with Gasteiger partial charge in [-0.3, -0.25) is 0 Å². The summed E-state index contributed by atoms with van der Waals surface area (Å²) in [5.74, 6) is 0.854. The molecule has 1 fully saturated rings. The van der Waals surface area contributed by atoms with Gasteiger partial charge < -0.3 is 9.88 Å². The summed E-state index contributed by atoms with van der Waals surface area (Å²) in [5, 5.41) is 4.92. The van der Waals surface area contributed by atoms with Gasteiger partial charge in [0, 0.05) is 23.6 Å². The van der Waals surface area contributed by atoms with E-state index in [0.717, 1.165) is 5.92 Å². The Morgan fingerprint density at radius 2 is 1.95 bits per heavy atom. The van der Waals surface area contributed by atoms with Crippen LogP contribution in [0, 0.1) is 19.8 Å². The Morgan fingerprint density at radius 1 is 1.21 bits per heavy atom. The molecular weight excluding hydrogens is 232 g/mol. The molecule has 1 aromatic carbocycles. The maximum Gasteiger partial charge on any atom is 0.0485 e. The minimum Gasteiger partial charge on any atom is -0.348 e. The highest BCUT2D eigenvalue weighted by molar-refractivity contribution is 5.86. The molecule has 0 saturated carbocycles. The molecule has 0 radical (unpaired) electrons. The van der Waals surface area contributed by atoms with Crippen molar-refractivity contribution in [3.05, 3.63) is 35.0 Å². The first-order valence-corrected chi connectivity index (χ1v) is 7.42. The van der Waals surface area contributed by atoms with Crippen molar-refractivity contribution in [1.29, 1.82) is 0 Å². The molecule has 1 saturated heterocycles. The van der Waals surface area contributed by atoms with E-state index in [1.54, 1.807) is 5.56 Å². The Labute approximate surface area is 115 Å². The topological polar surface area (TPSA) is 17.0 Å². The van der Waals surface area contributed by atoms with Gasteiger partial charge in [0.25, 0.3) is 0 Å². The van der Waals surface area contributed by atoms with Crippen LogP contribution in [0.25, 0.3) is 10.9 Å². The van der Waals surface area contributed by atoms with Crippen molar-refractivity contribution in [1.82, 2.24) is 9.88 Å². The van der Waals surface area contributed by atoms with Gasteiger partial charge in [-0.1, -0.05) is 12.1 Å². The molecule has 2 heteroatoms. The number of fused-ring (bicyclic) bond motifs is 1. The monoisotopic (exact) mass is 256 g/mol. The average molecular weight is 256 g/mol. The number of nitrogens with zero attached hydrogens (tertiary/aromatic N) is 1. The number of piperidine rings is 1. The fourth-order valence-corrected chi connectivity index (χ4v) is 3.38. The zero-order chi connectivity index (χ0) is 13.4. The summed E-state index contributed by atoms with van der Waals surface area (Å²) < 4.78 is 2.36. The number of aromatic nitrogens is 1. The average Bonchev–Trinajstić information content (AvgIpc) is 2.65. The van der Waals surface area contributed by atoms with Gasteiger partial charge in [0.05, 0.1) is 0 Å². The first-order valence-electron chi connectivity index (χ1n) is 7.42. The van der Waals surface area contributed by atoms with E-state index in [1.165, 1.54) is 54.5 Å². The van der Waals surface area contributed by atoms with Crippen molar-refractivity contribution in [2.24, 2.45) is 13.0 Å². The van der Waals surface area contributed by atoms with Crippen molar-refractivity contribution < 1.29 is 0 Å². The van der Waals surface area contributed by atoms with Gasteiger partial charge in [-0.05, 0) is 69.3 Å². The van der Waals surface area contributed by atoms with Crippen molar-refractivity contribution in [3.8, 4) is 0 Å². The van der Waals surface area contributed by atoms with E-state index in [2.05, 4.69) is 49.0 Å². The fraction of sp³-hybridized carbons (Fsp3) is 0.529. The van der Waals surface area contributed by atoms with E-state index < -0.39 is 0 Å². The van der Waals surface area contributed by atoms with Crippen molar-refractivity contribution >= 4 is 10.9 Å². The number of hydrogen-bond acceptors (Lipinski definition) is 1. The molecule has 1 N–H and O–H groups in total. The molecule has 0 spiro atoms. The SMILES string of the molecule is Cc1ccc2c(CC3CCNCC3)c(C)n(C)c2c1. The predicted octanol–water partition coefficient (Wildman–Crippen LogP) is 3.34. The van der Waals surface area contributed by atoms with Gasteiger partial charge in [-0.2, -0.15) is 0 Å². The molecule has 2 heterocycles. The molecule has 1 aromatic heterocycles. The van der Waals surface area contributed by atoms with Crippen LogP contribution in [0.15, 0.2) is 18.2 Å². The van der Waals surface area contributed by atoms with E-state index in [-0.39, 0.29) is 0 Å². The summed E-state index contributed by atoms with van der Waals surface area (Å²) in [6, 6.07) is 6.87. The number of hydrogen-bond donors (Lipinski definition) is 1. The number of nitrogens with one attached hydrogen (secondary N) is 1. The van der Waals surface area contributed by atoms with Crippen molar-refractivity contribution in [2.75, 3.05) is 13.1 Å². The summed E-state index contributed by atoms with van der Waals surface area (Å²) in [6.45, 7) is 6.82. The van der Waals surface area contributed by atoms with Crippen molar-refractivity contribution in [3.63, 3.8) is 0 Å². The Bertz CT molecular complexity index is 589.